The fourth-order valence-electron chi connectivity index (χ4n) is 1.15. The van der Waals surface area contributed by atoms with Crippen LogP contribution in [0.3, 0.4) is 0 Å². The van der Waals surface area contributed by atoms with Crippen LogP contribution in [0.25, 0.3) is 0 Å². The number of hydrogen-bond donors (Lipinski definition) is 2. The molecule has 0 spiro atoms. The molecule has 2 amide bonds. The van der Waals surface area contributed by atoms with Crippen LogP contribution in [0, 0.1) is 5.92 Å². The van der Waals surface area contributed by atoms with Crippen LogP contribution in [0.15, 0.2) is 0 Å². The third kappa shape index (κ3) is 8.41. The average molecular weight is 283 g/mol. The molecule has 0 rings (SSSR count). The minimum Gasteiger partial charge on any atom is -0.345 e. The first-order chi connectivity index (χ1) is 8.53. The third-order valence-corrected chi connectivity index (χ3v) is 2.56. The van der Waals surface area contributed by atoms with Gasteiger partial charge in [-0.25, -0.2) is 0 Å². The Bertz CT molecular complexity index is 319. The molecule has 0 aromatic heterocycles. The summed E-state index contributed by atoms with van der Waals surface area (Å²) in [5, 5.41) is 1.70. The Hall–Kier alpha value is -1.31. The zero-order valence-electron chi connectivity index (χ0n) is 11.3. The van der Waals surface area contributed by atoms with Crippen molar-refractivity contribution in [2.24, 2.45) is 11.7 Å². The van der Waals surface area contributed by atoms with Crippen molar-refractivity contribution >= 4 is 11.8 Å². The third-order valence-electron chi connectivity index (χ3n) is 2.56. The lowest BCUT2D eigenvalue weighted by molar-refractivity contribution is -0.141. The van der Waals surface area contributed by atoms with Crippen LogP contribution >= 0.6 is 0 Å². The van der Waals surface area contributed by atoms with E-state index >= 15 is 0 Å². The molecule has 0 aromatic rings. The van der Waals surface area contributed by atoms with Gasteiger partial charge in [0.25, 0.3) is 0 Å². The molecule has 0 aliphatic rings. The molecule has 0 fully saturated rings. The summed E-state index contributed by atoms with van der Waals surface area (Å²) in [6.07, 6.45) is -4.40. The van der Waals surface area contributed by atoms with E-state index in [1.54, 1.807) is 5.32 Å². The van der Waals surface area contributed by atoms with E-state index in [9.17, 15) is 22.8 Å². The molecule has 0 saturated carbocycles. The normalized spacial score (nSPS) is 13.3. The minimum atomic E-state index is -4.46. The van der Waals surface area contributed by atoms with Gasteiger partial charge in [0, 0.05) is 19.5 Å². The summed E-state index contributed by atoms with van der Waals surface area (Å²) in [5.74, 6) is -1.12. The Balaban J connectivity index is 4.12. The highest BCUT2D eigenvalue weighted by Crippen LogP contribution is 2.12. The fourth-order valence-corrected chi connectivity index (χ4v) is 1.15. The predicted molar refractivity (Wildman–Crippen MR) is 64.1 cm³/mol. The van der Waals surface area contributed by atoms with Gasteiger partial charge >= 0.3 is 6.18 Å². The smallest absolute Gasteiger partial charge is 0.345 e. The number of likely N-dealkylation sites (N-methyl/N-ethyl adjacent to an activating group) is 1. The van der Waals surface area contributed by atoms with Gasteiger partial charge in [-0.1, -0.05) is 13.8 Å². The number of nitrogens with one attached hydrogen (secondary N) is 1. The highest BCUT2D eigenvalue weighted by molar-refractivity contribution is 5.84. The molecular weight excluding hydrogens is 263 g/mol. The lowest BCUT2D eigenvalue weighted by Gasteiger charge is -2.21. The summed E-state index contributed by atoms with van der Waals surface area (Å²) in [7, 11) is 1.35. The lowest BCUT2D eigenvalue weighted by Crippen LogP contribution is -2.43. The molecule has 0 aromatic carbocycles. The van der Waals surface area contributed by atoms with E-state index in [0.29, 0.717) is 0 Å². The van der Waals surface area contributed by atoms with Crippen molar-refractivity contribution in [1.82, 2.24) is 10.2 Å². The Labute approximate surface area is 110 Å². The topological polar surface area (TPSA) is 75.4 Å². The first-order valence-corrected chi connectivity index (χ1v) is 5.86. The molecule has 8 heteroatoms. The van der Waals surface area contributed by atoms with Crippen molar-refractivity contribution in [2.45, 2.75) is 32.5 Å². The van der Waals surface area contributed by atoms with Crippen molar-refractivity contribution in [3.8, 4) is 0 Å². The summed E-state index contributed by atoms with van der Waals surface area (Å²) >= 11 is 0. The maximum atomic E-state index is 11.9. The largest absolute Gasteiger partial charge is 0.405 e. The zero-order chi connectivity index (χ0) is 15.2. The Kier molecular flexibility index (Phi) is 6.82. The van der Waals surface area contributed by atoms with E-state index in [2.05, 4.69) is 0 Å². The van der Waals surface area contributed by atoms with Crippen LogP contribution in [0.5, 0.6) is 0 Å². The number of rotatable bonds is 6. The van der Waals surface area contributed by atoms with Gasteiger partial charge in [-0.3, -0.25) is 9.59 Å². The second kappa shape index (κ2) is 7.32. The van der Waals surface area contributed by atoms with Gasteiger partial charge in [0.1, 0.15) is 6.54 Å². The molecule has 1 atom stereocenters. The Morgan fingerprint density at radius 2 is 1.84 bits per heavy atom. The summed E-state index contributed by atoms with van der Waals surface area (Å²) < 4.78 is 35.6. The van der Waals surface area contributed by atoms with E-state index in [-0.39, 0.29) is 24.3 Å². The minimum absolute atomic E-state index is 0.0563. The van der Waals surface area contributed by atoms with Crippen molar-refractivity contribution in [1.29, 1.82) is 0 Å². The molecule has 3 N–H and O–H groups in total. The van der Waals surface area contributed by atoms with Crippen LogP contribution in [0.4, 0.5) is 13.2 Å². The lowest BCUT2D eigenvalue weighted by atomic mass is 10.0. The van der Waals surface area contributed by atoms with Gasteiger partial charge in [0.15, 0.2) is 0 Å². The van der Waals surface area contributed by atoms with Gasteiger partial charge in [-0.05, 0) is 5.92 Å². The first kappa shape index (κ1) is 17.7. The Morgan fingerprint density at radius 3 is 2.26 bits per heavy atom. The summed E-state index contributed by atoms with van der Waals surface area (Å²) in [6, 6.07) is -0.340. The molecule has 0 radical (unpaired) electrons. The Morgan fingerprint density at radius 1 is 1.32 bits per heavy atom. The molecular formula is C11H20F3N3O2. The molecule has 112 valence electrons. The number of carbonyl (C=O) groups is 2. The van der Waals surface area contributed by atoms with Crippen LogP contribution in [0.2, 0.25) is 0 Å². The summed E-state index contributed by atoms with van der Waals surface area (Å²) in [5.41, 5.74) is 5.70. The average Bonchev–Trinajstić information content (AvgIpc) is 2.25. The monoisotopic (exact) mass is 283 g/mol. The van der Waals surface area contributed by atoms with Crippen molar-refractivity contribution in [3.05, 3.63) is 0 Å². The maximum absolute atomic E-state index is 11.9. The maximum Gasteiger partial charge on any atom is 0.405 e. The molecule has 0 aliphatic heterocycles. The van der Waals surface area contributed by atoms with Crippen molar-refractivity contribution in [3.63, 3.8) is 0 Å². The van der Waals surface area contributed by atoms with Crippen LogP contribution in [0.1, 0.15) is 20.3 Å². The number of amides is 2. The van der Waals surface area contributed by atoms with E-state index in [4.69, 9.17) is 5.73 Å². The zero-order valence-corrected chi connectivity index (χ0v) is 11.3. The van der Waals surface area contributed by atoms with Gasteiger partial charge in [0.05, 0.1) is 6.54 Å². The molecule has 0 heterocycles. The quantitative estimate of drug-likeness (QED) is 0.745. The van der Waals surface area contributed by atoms with E-state index in [1.165, 1.54) is 7.05 Å². The number of nitrogens with two attached hydrogens (primary N) is 1. The van der Waals surface area contributed by atoms with Crippen molar-refractivity contribution in [2.75, 3.05) is 20.1 Å². The second-order valence-corrected chi connectivity index (χ2v) is 4.75. The van der Waals surface area contributed by atoms with Gasteiger partial charge in [0.2, 0.25) is 11.8 Å². The number of carbonyl (C=O) groups excluding carboxylic acids is 2. The highest BCUT2D eigenvalue weighted by atomic mass is 19.4. The molecule has 1 unspecified atom stereocenters. The molecule has 5 nitrogen and oxygen atoms in total. The standard InChI is InChI=1S/C11H20F3N3O2/c1-7(2)8(15)4-10(19)17(3)5-9(18)16-6-11(12,13)14/h7-8H,4-6,15H2,1-3H3,(H,16,18). The van der Waals surface area contributed by atoms with Gasteiger partial charge in [-0.2, -0.15) is 13.2 Å². The molecule has 0 saturated heterocycles. The van der Waals surface area contributed by atoms with Crippen LogP contribution < -0.4 is 11.1 Å². The first-order valence-electron chi connectivity index (χ1n) is 5.86. The number of halogens is 3. The van der Waals surface area contributed by atoms with E-state index in [1.807, 2.05) is 13.8 Å². The van der Waals surface area contributed by atoms with Gasteiger partial charge in [-0.15, -0.1) is 0 Å². The number of alkyl halides is 3. The predicted octanol–water partition coefficient (Wildman–Crippen LogP) is 0.497. The second-order valence-electron chi connectivity index (χ2n) is 4.75. The van der Waals surface area contributed by atoms with Crippen molar-refractivity contribution < 1.29 is 22.8 Å². The van der Waals surface area contributed by atoms with Crippen LogP contribution in [-0.2, 0) is 9.59 Å². The molecule has 19 heavy (non-hydrogen) atoms. The summed E-state index contributed by atoms with van der Waals surface area (Å²) in [6.45, 7) is 1.89. The molecule has 0 bridgehead atoms. The molecule has 0 aliphatic carbocycles. The number of nitrogens with zero attached hydrogens (tertiary/aromatic N) is 1. The fraction of sp³-hybridized carbons (Fsp3) is 0.818. The number of hydrogen-bond acceptors (Lipinski definition) is 3. The van der Waals surface area contributed by atoms with Crippen LogP contribution in [-0.4, -0.2) is 49.1 Å². The van der Waals surface area contributed by atoms with E-state index < -0.39 is 25.2 Å². The SMILES string of the molecule is CC(C)C(N)CC(=O)N(C)CC(=O)NCC(F)(F)F. The highest BCUT2D eigenvalue weighted by Gasteiger charge is 2.28. The summed E-state index contributed by atoms with van der Waals surface area (Å²) in [4.78, 5) is 23.9. The van der Waals surface area contributed by atoms with E-state index in [0.717, 1.165) is 4.90 Å². The van der Waals surface area contributed by atoms with Gasteiger partial charge < -0.3 is 16.0 Å².